The van der Waals surface area contributed by atoms with Gasteiger partial charge in [-0.2, -0.15) is 5.10 Å². The number of ketones is 1. The first kappa shape index (κ1) is 18.4. The van der Waals surface area contributed by atoms with Gasteiger partial charge in [0.05, 0.1) is 15.9 Å². The number of rotatable bonds is 10. The number of carbonyl (C=O) groups excluding carboxylic acids is 1. The molecular weight excluding hydrogens is 330 g/mol. The van der Waals surface area contributed by atoms with Gasteiger partial charge in [-0.1, -0.05) is 20.3 Å². The highest BCUT2D eigenvalue weighted by Crippen LogP contribution is 2.24. The average molecular weight is 358 g/mol. The predicted octanol–water partition coefficient (Wildman–Crippen LogP) is 3.49. The van der Waals surface area contributed by atoms with Crippen molar-refractivity contribution in [2.24, 2.45) is 11.7 Å². The lowest BCUT2D eigenvalue weighted by atomic mass is 9.94. The Morgan fingerprint density at radius 2 is 2.05 bits per heavy atom. The number of nitrogens with zero attached hydrogens (tertiary/aromatic N) is 2. The van der Waals surface area contributed by atoms with E-state index >= 15 is 0 Å². The lowest BCUT2D eigenvalue weighted by Crippen LogP contribution is -2.13. The van der Waals surface area contributed by atoms with Crippen molar-refractivity contribution < 1.29 is 4.79 Å². The summed E-state index contributed by atoms with van der Waals surface area (Å²) in [7, 11) is 0. The van der Waals surface area contributed by atoms with E-state index in [1.54, 1.807) is 0 Å². The van der Waals surface area contributed by atoms with Gasteiger partial charge in [-0.25, -0.2) is 0 Å². The maximum atomic E-state index is 12.3. The van der Waals surface area contributed by atoms with Crippen LogP contribution in [0.5, 0.6) is 0 Å². The Morgan fingerprint density at radius 1 is 1.33 bits per heavy atom. The molecule has 120 valence electrons. The van der Waals surface area contributed by atoms with Crippen LogP contribution in [-0.4, -0.2) is 22.1 Å². The summed E-state index contributed by atoms with van der Waals surface area (Å²) >= 11 is 3.60. The van der Waals surface area contributed by atoms with Crippen molar-refractivity contribution in [3.63, 3.8) is 0 Å². The molecule has 1 aromatic heterocycles. The Balaban J connectivity index is 2.64. The summed E-state index contributed by atoms with van der Waals surface area (Å²) in [6.07, 6.45) is 5.05. The second-order valence-corrected chi connectivity index (χ2v) is 6.28. The minimum Gasteiger partial charge on any atom is -0.330 e. The fourth-order valence-electron chi connectivity index (χ4n) is 2.61. The predicted molar refractivity (Wildman–Crippen MR) is 90.4 cm³/mol. The average Bonchev–Trinajstić information content (AvgIpc) is 2.79. The van der Waals surface area contributed by atoms with E-state index in [2.05, 4.69) is 41.8 Å². The summed E-state index contributed by atoms with van der Waals surface area (Å²) in [6.45, 7) is 7.81. The summed E-state index contributed by atoms with van der Waals surface area (Å²) in [5.41, 5.74) is 7.66. The van der Waals surface area contributed by atoms with Gasteiger partial charge >= 0.3 is 0 Å². The first-order valence-corrected chi connectivity index (χ1v) is 8.82. The van der Waals surface area contributed by atoms with Gasteiger partial charge in [-0.3, -0.25) is 9.48 Å². The largest absolute Gasteiger partial charge is 0.330 e. The number of hydrogen-bond donors (Lipinski definition) is 1. The van der Waals surface area contributed by atoms with Crippen LogP contribution in [0.4, 0.5) is 0 Å². The standard InChI is InChI=1S/C16H28BrN3O/c1-4-12(9-10-18)7-8-13(21)11-15-16(17)14(5-2)19-20(15)6-3/h12H,4-11,18H2,1-3H3. The van der Waals surface area contributed by atoms with Crippen molar-refractivity contribution >= 4 is 21.7 Å². The number of carbonyl (C=O) groups is 1. The van der Waals surface area contributed by atoms with Gasteiger partial charge in [0.1, 0.15) is 5.78 Å². The fraction of sp³-hybridized carbons (Fsp3) is 0.750. The van der Waals surface area contributed by atoms with Gasteiger partial charge in [0.2, 0.25) is 0 Å². The van der Waals surface area contributed by atoms with E-state index in [0.717, 1.165) is 48.1 Å². The molecule has 0 aliphatic heterocycles. The first-order valence-electron chi connectivity index (χ1n) is 8.03. The molecule has 2 N–H and O–H groups in total. The second kappa shape index (κ2) is 9.36. The van der Waals surface area contributed by atoms with Gasteiger partial charge in [-0.05, 0) is 54.6 Å². The lowest BCUT2D eigenvalue weighted by Gasteiger charge is -2.13. The van der Waals surface area contributed by atoms with E-state index in [9.17, 15) is 4.79 Å². The molecule has 0 saturated carbocycles. The molecule has 0 aliphatic rings. The van der Waals surface area contributed by atoms with Crippen molar-refractivity contribution in [1.82, 2.24) is 9.78 Å². The Morgan fingerprint density at radius 3 is 2.57 bits per heavy atom. The fourth-order valence-corrected chi connectivity index (χ4v) is 3.32. The minimum atomic E-state index is 0.295. The van der Waals surface area contributed by atoms with E-state index in [-0.39, 0.29) is 0 Å². The molecule has 0 bridgehead atoms. The molecule has 0 spiro atoms. The zero-order valence-electron chi connectivity index (χ0n) is 13.5. The van der Waals surface area contributed by atoms with E-state index in [1.165, 1.54) is 0 Å². The molecule has 0 saturated heterocycles. The van der Waals surface area contributed by atoms with E-state index in [1.807, 2.05) is 4.68 Å². The second-order valence-electron chi connectivity index (χ2n) is 5.48. The van der Waals surface area contributed by atoms with Crippen LogP contribution in [-0.2, 0) is 24.2 Å². The molecule has 1 aromatic rings. The molecule has 1 atom stereocenters. The molecule has 4 nitrogen and oxygen atoms in total. The van der Waals surface area contributed by atoms with Gasteiger partial charge in [0.25, 0.3) is 0 Å². The SMILES string of the molecule is CCc1nn(CC)c(CC(=O)CCC(CC)CCN)c1Br. The Kier molecular flexibility index (Phi) is 8.19. The molecule has 0 radical (unpaired) electrons. The molecule has 21 heavy (non-hydrogen) atoms. The smallest absolute Gasteiger partial charge is 0.138 e. The van der Waals surface area contributed by atoms with Crippen LogP contribution in [0.25, 0.3) is 0 Å². The number of aromatic nitrogens is 2. The van der Waals surface area contributed by atoms with Crippen molar-refractivity contribution in [2.45, 2.75) is 65.8 Å². The highest BCUT2D eigenvalue weighted by molar-refractivity contribution is 9.10. The molecule has 1 unspecified atom stereocenters. The zero-order valence-corrected chi connectivity index (χ0v) is 15.1. The lowest BCUT2D eigenvalue weighted by molar-refractivity contribution is -0.118. The quantitative estimate of drug-likeness (QED) is 0.696. The van der Waals surface area contributed by atoms with Crippen molar-refractivity contribution in [3.8, 4) is 0 Å². The van der Waals surface area contributed by atoms with Crippen LogP contribution >= 0.6 is 15.9 Å². The number of halogens is 1. The zero-order chi connectivity index (χ0) is 15.8. The van der Waals surface area contributed by atoms with Crippen molar-refractivity contribution in [3.05, 3.63) is 15.9 Å². The monoisotopic (exact) mass is 357 g/mol. The van der Waals surface area contributed by atoms with Gasteiger partial charge in [-0.15, -0.1) is 0 Å². The van der Waals surface area contributed by atoms with Crippen LogP contribution in [0.3, 0.4) is 0 Å². The summed E-state index contributed by atoms with van der Waals surface area (Å²) in [6, 6.07) is 0. The molecule has 1 heterocycles. The van der Waals surface area contributed by atoms with E-state index in [0.29, 0.717) is 31.1 Å². The van der Waals surface area contributed by atoms with Gasteiger partial charge in [0.15, 0.2) is 0 Å². The Labute approximate surface area is 136 Å². The third-order valence-electron chi connectivity index (χ3n) is 4.04. The number of aryl methyl sites for hydroxylation is 2. The van der Waals surface area contributed by atoms with Crippen molar-refractivity contribution in [2.75, 3.05) is 6.54 Å². The Hall–Kier alpha value is -0.680. The maximum absolute atomic E-state index is 12.3. The van der Waals surface area contributed by atoms with Crippen LogP contribution in [0.15, 0.2) is 4.47 Å². The van der Waals surface area contributed by atoms with Crippen molar-refractivity contribution in [1.29, 1.82) is 0 Å². The first-order chi connectivity index (χ1) is 10.1. The third-order valence-corrected chi connectivity index (χ3v) is 4.96. The molecule has 0 aliphatic carbocycles. The summed E-state index contributed by atoms with van der Waals surface area (Å²) < 4.78 is 2.95. The number of Topliss-reactive ketones (excluding diaryl/α,β-unsaturated/α-hetero) is 1. The van der Waals surface area contributed by atoms with Crippen LogP contribution in [0, 0.1) is 5.92 Å². The molecule has 1 rings (SSSR count). The number of hydrogen-bond acceptors (Lipinski definition) is 3. The van der Waals surface area contributed by atoms with E-state index < -0.39 is 0 Å². The summed E-state index contributed by atoms with van der Waals surface area (Å²) in [5, 5.41) is 4.54. The van der Waals surface area contributed by atoms with Gasteiger partial charge < -0.3 is 5.73 Å². The summed E-state index contributed by atoms with van der Waals surface area (Å²) in [5.74, 6) is 0.869. The van der Waals surface area contributed by atoms with Crippen LogP contribution in [0.2, 0.25) is 0 Å². The highest BCUT2D eigenvalue weighted by Gasteiger charge is 2.17. The normalized spacial score (nSPS) is 12.6. The molecular formula is C16H28BrN3O. The minimum absolute atomic E-state index is 0.295. The Bertz CT molecular complexity index is 457. The highest BCUT2D eigenvalue weighted by atomic mass is 79.9. The van der Waals surface area contributed by atoms with Crippen LogP contribution in [0.1, 0.15) is 57.8 Å². The molecule has 0 amide bonds. The number of nitrogens with two attached hydrogens (primary N) is 1. The topological polar surface area (TPSA) is 60.9 Å². The molecule has 5 heteroatoms. The maximum Gasteiger partial charge on any atom is 0.138 e. The van der Waals surface area contributed by atoms with E-state index in [4.69, 9.17) is 5.73 Å². The third kappa shape index (κ3) is 5.22. The summed E-state index contributed by atoms with van der Waals surface area (Å²) in [4.78, 5) is 12.3. The van der Waals surface area contributed by atoms with Gasteiger partial charge in [0, 0.05) is 19.4 Å². The molecule has 0 fully saturated rings. The van der Waals surface area contributed by atoms with Crippen LogP contribution < -0.4 is 5.73 Å². The molecule has 0 aromatic carbocycles.